The van der Waals surface area contributed by atoms with E-state index in [9.17, 15) is 14.4 Å². The van der Waals surface area contributed by atoms with Crippen LogP contribution in [0.1, 0.15) is 39.5 Å². The molecule has 2 saturated heterocycles. The van der Waals surface area contributed by atoms with Gasteiger partial charge in [0.1, 0.15) is 0 Å². The Balaban J connectivity index is 1.78. The molecule has 0 N–H and O–H groups in total. The predicted octanol–water partition coefficient (Wildman–Crippen LogP) is 0.716. The summed E-state index contributed by atoms with van der Waals surface area (Å²) in [5, 5.41) is 0. The summed E-state index contributed by atoms with van der Waals surface area (Å²) in [6, 6.07) is 0. The second-order valence-electron chi connectivity index (χ2n) is 6.24. The van der Waals surface area contributed by atoms with Crippen LogP contribution in [-0.2, 0) is 14.4 Å². The Morgan fingerprint density at radius 3 is 1.91 bits per heavy atom. The van der Waals surface area contributed by atoms with Gasteiger partial charge in [0.15, 0.2) is 0 Å². The molecule has 0 aliphatic carbocycles. The molecule has 0 aromatic carbocycles. The Kier molecular flexibility index (Phi) is 5.80. The minimum absolute atomic E-state index is 0.0366. The molecular weight excluding hydrogens is 282 g/mol. The van der Waals surface area contributed by atoms with Crippen molar-refractivity contribution in [2.75, 3.05) is 39.3 Å². The van der Waals surface area contributed by atoms with E-state index in [1.165, 1.54) is 0 Å². The predicted molar refractivity (Wildman–Crippen MR) is 83.0 cm³/mol. The summed E-state index contributed by atoms with van der Waals surface area (Å²) in [6.45, 7) is 7.51. The van der Waals surface area contributed by atoms with E-state index >= 15 is 0 Å². The lowest BCUT2D eigenvalue weighted by Crippen LogP contribution is -2.52. The highest BCUT2D eigenvalue weighted by Crippen LogP contribution is 2.21. The average Bonchev–Trinajstić information content (AvgIpc) is 2.54. The molecule has 2 fully saturated rings. The van der Waals surface area contributed by atoms with Gasteiger partial charge in [0.2, 0.25) is 17.7 Å². The van der Waals surface area contributed by atoms with Gasteiger partial charge in [0, 0.05) is 58.5 Å². The largest absolute Gasteiger partial charge is 0.343 e. The first kappa shape index (κ1) is 16.8. The van der Waals surface area contributed by atoms with Crippen molar-refractivity contribution in [3.05, 3.63) is 0 Å². The van der Waals surface area contributed by atoms with Gasteiger partial charge in [-0.2, -0.15) is 0 Å². The number of hydrogen-bond donors (Lipinski definition) is 0. The number of carbonyl (C=O) groups is 3. The Hall–Kier alpha value is -1.59. The van der Waals surface area contributed by atoms with Crippen LogP contribution in [0.25, 0.3) is 0 Å². The van der Waals surface area contributed by atoms with Gasteiger partial charge in [0.05, 0.1) is 0 Å². The third kappa shape index (κ3) is 3.99. The molecule has 0 aromatic heterocycles. The van der Waals surface area contributed by atoms with E-state index in [0.717, 1.165) is 19.3 Å². The highest BCUT2D eigenvalue weighted by atomic mass is 16.2. The van der Waals surface area contributed by atoms with Crippen LogP contribution in [0.2, 0.25) is 0 Å². The van der Waals surface area contributed by atoms with Crippen LogP contribution in [0.4, 0.5) is 0 Å². The van der Waals surface area contributed by atoms with Gasteiger partial charge in [-0.3, -0.25) is 14.4 Å². The van der Waals surface area contributed by atoms with Crippen molar-refractivity contribution in [1.29, 1.82) is 0 Å². The topological polar surface area (TPSA) is 60.9 Å². The molecular formula is C16H27N3O3. The Bertz CT molecular complexity index is 422. The van der Waals surface area contributed by atoms with Gasteiger partial charge < -0.3 is 14.7 Å². The van der Waals surface area contributed by atoms with E-state index in [2.05, 4.69) is 0 Å². The minimum Gasteiger partial charge on any atom is -0.343 e. The first-order valence-electron chi connectivity index (χ1n) is 8.35. The fourth-order valence-electron chi connectivity index (χ4n) is 3.25. The Labute approximate surface area is 132 Å². The highest BCUT2D eigenvalue weighted by Gasteiger charge is 2.31. The molecule has 0 spiro atoms. The van der Waals surface area contributed by atoms with Crippen LogP contribution < -0.4 is 0 Å². The van der Waals surface area contributed by atoms with Crippen molar-refractivity contribution < 1.29 is 14.4 Å². The summed E-state index contributed by atoms with van der Waals surface area (Å²) in [5.41, 5.74) is 0. The molecule has 6 heteroatoms. The summed E-state index contributed by atoms with van der Waals surface area (Å²) < 4.78 is 0. The third-order valence-electron chi connectivity index (χ3n) is 4.70. The molecule has 0 saturated carbocycles. The highest BCUT2D eigenvalue weighted by molar-refractivity contribution is 5.81. The SMILES string of the molecule is CCCC(=O)N1CCC(C(=O)N2CCN(C(C)=O)CC2)CC1. The molecule has 2 rings (SSSR count). The van der Waals surface area contributed by atoms with Gasteiger partial charge in [-0.1, -0.05) is 6.92 Å². The normalized spacial score (nSPS) is 20.2. The molecule has 6 nitrogen and oxygen atoms in total. The quantitative estimate of drug-likeness (QED) is 0.771. The van der Waals surface area contributed by atoms with Crippen molar-refractivity contribution in [2.45, 2.75) is 39.5 Å². The van der Waals surface area contributed by atoms with E-state index in [0.29, 0.717) is 45.7 Å². The second-order valence-corrected chi connectivity index (χ2v) is 6.24. The molecule has 2 aliphatic heterocycles. The fourth-order valence-corrected chi connectivity index (χ4v) is 3.25. The van der Waals surface area contributed by atoms with Gasteiger partial charge in [-0.25, -0.2) is 0 Å². The van der Waals surface area contributed by atoms with Gasteiger partial charge in [-0.05, 0) is 19.3 Å². The zero-order valence-electron chi connectivity index (χ0n) is 13.7. The summed E-state index contributed by atoms with van der Waals surface area (Å²) in [7, 11) is 0. The van der Waals surface area contributed by atoms with Crippen molar-refractivity contribution >= 4 is 17.7 Å². The number of piperazine rings is 1. The van der Waals surface area contributed by atoms with Gasteiger partial charge in [0.25, 0.3) is 0 Å². The maximum atomic E-state index is 12.6. The molecule has 0 bridgehead atoms. The molecule has 3 amide bonds. The van der Waals surface area contributed by atoms with Crippen LogP contribution in [0, 0.1) is 5.92 Å². The lowest BCUT2D eigenvalue weighted by molar-refractivity contribution is -0.144. The summed E-state index contributed by atoms with van der Waals surface area (Å²) >= 11 is 0. The van der Waals surface area contributed by atoms with E-state index in [-0.39, 0.29) is 23.6 Å². The monoisotopic (exact) mass is 309 g/mol. The zero-order chi connectivity index (χ0) is 16.1. The molecule has 124 valence electrons. The number of carbonyl (C=O) groups excluding carboxylic acids is 3. The smallest absolute Gasteiger partial charge is 0.225 e. The molecule has 22 heavy (non-hydrogen) atoms. The Morgan fingerprint density at radius 1 is 0.864 bits per heavy atom. The molecule has 0 atom stereocenters. The fraction of sp³-hybridized carbons (Fsp3) is 0.812. The maximum Gasteiger partial charge on any atom is 0.225 e. The second kappa shape index (κ2) is 7.61. The Morgan fingerprint density at radius 2 is 1.41 bits per heavy atom. The number of likely N-dealkylation sites (tertiary alicyclic amines) is 1. The molecule has 0 aromatic rings. The van der Waals surface area contributed by atoms with Crippen molar-refractivity contribution in [1.82, 2.24) is 14.7 Å². The van der Waals surface area contributed by atoms with E-state index in [4.69, 9.17) is 0 Å². The lowest BCUT2D eigenvalue weighted by atomic mass is 9.94. The number of amides is 3. The van der Waals surface area contributed by atoms with Gasteiger partial charge in [-0.15, -0.1) is 0 Å². The van der Waals surface area contributed by atoms with E-state index in [1.807, 2.05) is 16.7 Å². The standard InChI is InChI=1S/C16H27N3O3/c1-3-4-15(21)18-7-5-14(6-8-18)16(22)19-11-9-17(10-12-19)13(2)20/h14H,3-12H2,1-2H3. The van der Waals surface area contributed by atoms with Crippen LogP contribution in [0.3, 0.4) is 0 Å². The summed E-state index contributed by atoms with van der Waals surface area (Å²) in [4.78, 5) is 41.3. The maximum absolute atomic E-state index is 12.6. The van der Waals surface area contributed by atoms with E-state index < -0.39 is 0 Å². The van der Waals surface area contributed by atoms with Crippen molar-refractivity contribution in [3.8, 4) is 0 Å². The molecule has 2 aliphatic rings. The van der Waals surface area contributed by atoms with Gasteiger partial charge >= 0.3 is 0 Å². The minimum atomic E-state index is 0.0366. The van der Waals surface area contributed by atoms with Crippen molar-refractivity contribution in [3.63, 3.8) is 0 Å². The summed E-state index contributed by atoms with van der Waals surface area (Å²) in [6.07, 6.45) is 3.01. The third-order valence-corrected chi connectivity index (χ3v) is 4.70. The average molecular weight is 309 g/mol. The van der Waals surface area contributed by atoms with Crippen molar-refractivity contribution in [2.24, 2.45) is 5.92 Å². The molecule has 0 unspecified atom stereocenters. The van der Waals surface area contributed by atoms with Crippen LogP contribution in [0.5, 0.6) is 0 Å². The zero-order valence-corrected chi connectivity index (χ0v) is 13.7. The number of nitrogens with zero attached hydrogens (tertiary/aromatic N) is 3. The first-order chi connectivity index (χ1) is 10.5. The molecule has 0 radical (unpaired) electrons. The number of rotatable bonds is 3. The number of piperidine rings is 1. The lowest BCUT2D eigenvalue weighted by Gasteiger charge is -2.38. The van der Waals surface area contributed by atoms with Crippen LogP contribution in [0.15, 0.2) is 0 Å². The van der Waals surface area contributed by atoms with Crippen LogP contribution in [-0.4, -0.2) is 71.7 Å². The van der Waals surface area contributed by atoms with Crippen LogP contribution >= 0.6 is 0 Å². The first-order valence-corrected chi connectivity index (χ1v) is 8.35. The number of hydrogen-bond acceptors (Lipinski definition) is 3. The summed E-state index contributed by atoms with van der Waals surface area (Å²) in [5.74, 6) is 0.527. The molecule has 2 heterocycles. The van der Waals surface area contributed by atoms with E-state index in [1.54, 1.807) is 11.8 Å².